The first kappa shape index (κ1) is 29.5. The molecule has 0 aromatic carbocycles. The fourth-order valence-corrected chi connectivity index (χ4v) is 9.46. The zero-order valence-corrected chi connectivity index (χ0v) is 25.0. The number of carboxylic acids is 1. The summed E-state index contributed by atoms with van der Waals surface area (Å²) in [5.74, 6) is 3.29. The fourth-order valence-electron chi connectivity index (χ4n) is 9.46. The lowest BCUT2D eigenvalue weighted by Crippen LogP contribution is -2.51. The maximum Gasteiger partial charge on any atom is 0.508 e. The van der Waals surface area contributed by atoms with Crippen LogP contribution in [0.1, 0.15) is 119 Å². The maximum atomic E-state index is 12.3. The van der Waals surface area contributed by atoms with E-state index in [1.807, 2.05) is 0 Å². The number of aliphatic carboxylic acids is 1. The second-order valence-electron chi connectivity index (χ2n) is 14.3. The first-order valence-electron chi connectivity index (χ1n) is 15.7. The number of carbonyl (C=O) groups excluding carboxylic acids is 1. The highest BCUT2D eigenvalue weighted by Gasteiger charge is 2.59. The molecule has 9 atom stereocenters. The van der Waals surface area contributed by atoms with Crippen molar-refractivity contribution in [2.75, 3.05) is 6.61 Å². The molecular weight excluding hydrogens is 476 g/mol. The number of hydrogen-bond donors (Lipinski definition) is 1. The van der Waals surface area contributed by atoms with E-state index < -0.39 is 18.0 Å². The molecule has 5 heteroatoms. The van der Waals surface area contributed by atoms with Crippen LogP contribution in [0.15, 0.2) is 11.6 Å². The smallest absolute Gasteiger partial charge is 0.481 e. The molecule has 4 aliphatic carbocycles. The molecule has 38 heavy (non-hydrogen) atoms. The van der Waals surface area contributed by atoms with Gasteiger partial charge in [-0.3, -0.25) is 4.79 Å². The minimum Gasteiger partial charge on any atom is -0.481 e. The van der Waals surface area contributed by atoms with Crippen molar-refractivity contribution in [3.8, 4) is 0 Å². The third-order valence-electron chi connectivity index (χ3n) is 11.8. The van der Waals surface area contributed by atoms with E-state index in [2.05, 4.69) is 40.7 Å². The van der Waals surface area contributed by atoms with E-state index in [4.69, 9.17) is 9.47 Å². The van der Waals surface area contributed by atoms with E-state index in [-0.39, 0.29) is 18.1 Å². The highest BCUT2D eigenvalue weighted by atomic mass is 16.7. The van der Waals surface area contributed by atoms with Gasteiger partial charge in [0.2, 0.25) is 0 Å². The number of allylic oxidation sites excluding steroid dienone is 1. The first-order valence-corrected chi connectivity index (χ1v) is 15.7. The topological polar surface area (TPSA) is 72.8 Å². The zero-order valence-electron chi connectivity index (χ0n) is 25.0. The Morgan fingerprint density at radius 2 is 1.82 bits per heavy atom. The molecule has 0 aromatic heterocycles. The number of fused-ring (bicyclic) bond motifs is 5. The molecule has 3 saturated carbocycles. The molecular formula is C33H54O5. The summed E-state index contributed by atoms with van der Waals surface area (Å²) in [4.78, 5) is 23.5. The summed E-state index contributed by atoms with van der Waals surface area (Å²) in [6, 6.07) is 0. The van der Waals surface area contributed by atoms with E-state index in [1.54, 1.807) is 6.92 Å². The van der Waals surface area contributed by atoms with Gasteiger partial charge in [-0.2, -0.15) is 0 Å². The van der Waals surface area contributed by atoms with E-state index >= 15 is 0 Å². The summed E-state index contributed by atoms with van der Waals surface area (Å²) < 4.78 is 10.8. The van der Waals surface area contributed by atoms with Crippen LogP contribution < -0.4 is 0 Å². The van der Waals surface area contributed by atoms with Gasteiger partial charge in [-0.25, -0.2) is 4.79 Å². The van der Waals surface area contributed by atoms with E-state index in [0.29, 0.717) is 11.8 Å². The summed E-state index contributed by atoms with van der Waals surface area (Å²) in [7, 11) is 0. The fraction of sp³-hybridized carbons (Fsp3) is 0.879. The van der Waals surface area contributed by atoms with Crippen molar-refractivity contribution in [1.82, 2.24) is 0 Å². The standard InChI is InChI=1S/C33H54O5/c1-7-23(30(34)35)20-37-31(36)38-25-15-17-32(5)24(19-25)11-12-26-28-14-13-27(22(4)10-8-9-21(2)3)33(28,6)18-16-29(26)32/h11,21-23,25-29H,7-10,12-20H2,1-6H3,(H,34,35). The predicted octanol–water partition coefficient (Wildman–Crippen LogP) is 8.66. The van der Waals surface area contributed by atoms with Crippen molar-refractivity contribution in [2.24, 2.45) is 52.3 Å². The monoisotopic (exact) mass is 530 g/mol. The Hall–Kier alpha value is -1.52. The quantitative estimate of drug-likeness (QED) is 0.226. The Balaban J connectivity index is 1.36. The number of ether oxygens (including phenoxy) is 2. The van der Waals surface area contributed by atoms with Gasteiger partial charge in [-0.15, -0.1) is 0 Å². The molecule has 0 spiro atoms. The Kier molecular flexibility index (Phi) is 9.24. The normalized spacial score (nSPS) is 37.9. The molecule has 0 radical (unpaired) electrons. The van der Waals surface area contributed by atoms with Gasteiger partial charge in [0.15, 0.2) is 0 Å². The molecule has 9 unspecified atom stereocenters. The second kappa shape index (κ2) is 11.9. The van der Waals surface area contributed by atoms with Gasteiger partial charge in [0.1, 0.15) is 12.7 Å². The van der Waals surface area contributed by atoms with Gasteiger partial charge >= 0.3 is 12.1 Å². The lowest BCUT2D eigenvalue weighted by molar-refractivity contribution is -0.143. The summed E-state index contributed by atoms with van der Waals surface area (Å²) in [5, 5.41) is 9.19. The number of carbonyl (C=O) groups is 2. The summed E-state index contributed by atoms with van der Waals surface area (Å²) >= 11 is 0. The van der Waals surface area contributed by atoms with Crippen LogP contribution in [0.3, 0.4) is 0 Å². The van der Waals surface area contributed by atoms with Crippen LogP contribution in [0.2, 0.25) is 0 Å². The molecule has 3 fully saturated rings. The van der Waals surface area contributed by atoms with Gasteiger partial charge in [0.05, 0.1) is 5.92 Å². The van der Waals surface area contributed by atoms with Crippen molar-refractivity contribution in [2.45, 2.75) is 125 Å². The molecule has 5 nitrogen and oxygen atoms in total. The van der Waals surface area contributed by atoms with Crippen LogP contribution in [0, 0.1) is 52.3 Å². The van der Waals surface area contributed by atoms with E-state index in [1.165, 1.54) is 56.9 Å². The molecule has 216 valence electrons. The Labute approximate surface area is 231 Å². The Morgan fingerprint density at radius 1 is 1.05 bits per heavy atom. The predicted molar refractivity (Wildman–Crippen MR) is 151 cm³/mol. The first-order chi connectivity index (χ1) is 18.0. The SMILES string of the molecule is CCC(COC(=O)OC1CCC2(C)C(=CCC3C2CCC2(C)C(C(C)CCCC(C)C)CCC32)C1)C(=O)O. The van der Waals surface area contributed by atoms with Crippen LogP contribution in [-0.4, -0.2) is 29.9 Å². The molecule has 4 aliphatic rings. The lowest BCUT2D eigenvalue weighted by Gasteiger charge is -2.58. The summed E-state index contributed by atoms with van der Waals surface area (Å²) in [6.07, 6.45) is 15.6. The zero-order chi connectivity index (χ0) is 27.7. The Bertz CT molecular complexity index is 879. The van der Waals surface area contributed by atoms with Crippen molar-refractivity contribution in [3.05, 3.63) is 11.6 Å². The van der Waals surface area contributed by atoms with Gasteiger partial charge in [-0.1, -0.05) is 72.5 Å². The Morgan fingerprint density at radius 3 is 2.50 bits per heavy atom. The maximum absolute atomic E-state index is 12.3. The molecule has 0 saturated heterocycles. The van der Waals surface area contributed by atoms with Gasteiger partial charge < -0.3 is 14.6 Å². The lowest BCUT2D eigenvalue weighted by atomic mass is 9.47. The molecule has 0 amide bonds. The number of hydrogen-bond acceptors (Lipinski definition) is 4. The second-order valence-corrected chi connectivity index (χ2v) is 14.3. The van der Waals surface area contributed by atoms with Crippen LogP contribution in [-0.2, 0) is 14.3 Å². The minimum atomic E-state index is -0.937. The molecule has 1 N–H and O–H groups in total. The highest BCUT2D eigenvalue weighted by molar-refractivity contribution is 5.70. The summed E-state index contributed by atoms with van der Waals surface area (Å²) in [5.41, 5.74) is 2.20. The van der Waals surface area contributed by atoms with Gasteiger partial charge in [-0.05, 0) is 97.7 Å². The van der Waals surface area contributed by atoms with Crippen LogP contribution in [0.5, 0.6) is 0 Å². The van der Waals surface area contributed by atoms with Gasteiger partial charge in [0.25, 0.3) is 0 Å². The molecule has 0 aliphatic heterocycles. The van der Waals surface area contributed by atoms with Crippen molar-refractivity contribution < 1.29 is 24.2 Å². The average Bonchev–Trinajstić information content (AvgIpc) is 3.21. The van der Waals surface area contributed by atoms with Crippen molar-refractivity contribution >= 4 is 12.1 Å². The van der Waals surface area contributed by atoms with Crippen LogP contribution in [0.4, 0.5) is 4.79 Å². The average molecular weight is 531 g/mol. The molecule has 4 rings (SSSR count). The van der Waals surface area contributed by atoms with Crippen LogP contribution >= 0.6 is 0 Å². The molecule has 0 aromatic rings. The van der Waals surface area contributed by atoms with Crippen LogP contribution in [0.25, 0.3) is 0 Å². The summed E-state index contributed by atoms with van der Waals surface area (Å²) in [6.45, 7) is 14.0. The highest BCUT2D eigenvalue weighted by Crippen LogP contribution is 2.67. The van der Waals surface area contributed by atoms with E-state index in [0.717, 1.165) is 54.8 Å². The van der Waals surface area contributed by atoms with Crippen molar-refractivity contribution in [1.29, 1.82) is 0 Å². The molecule has 0 heterocycles. The third-order valence-corrected chi connectivity index (χ3v) is 11.8. The third kappa shape index (κ3) is 5.82. The molecule has 0 bridgehead atoms. The van der Waals surface area contributed by atoms with E-state index in [9.17, 15) is 14.7 Å². The minimum absolute atomic E-state index is 0.126. The van der Waals surface area contributed by atoms with Crippen molar-refractivity contribution in [3.63, 3.8) is 0 Å². The van der Waals surface area contributed by atoms with Gasteiger partial charge in [0, 0.05) is 6.42 Å². The number of rotatable bonds is 10. The largest absolute Gasteiger partial charge is 0.508 e. The number of carboxylic acid groups (broad SMARTS) is 1.